The number of rotatable bonds is 5. The molecule has 1 aromatic heterocycles. The zero-order valence-corrected chi connectivity index (χ0v) is 11.7. The maximum atomic E-state index is 5.87. The average molecular weight is 272 g/mol. The third-order valence-corrected chi connectivity index (χ3v) is 3.75. The first-order chi connectivity index (χ1) is 9.84. The van der Waals surface area contributed by atoms with Crippen LogP contribution in [0.15, 0.2) is 30.6 Å². The number of fused-ring (bicyclic) bond motifs is 1. The molecule has 0 saturated heterocycles. The van der Waals surface area contributed by atoms with Gasteiger partial charge in [0, 0.05) is 26.6 Å². The molecule has 5 nitrogen and oxygen atoms in total. The summed E-state index contributed by atoms with van der Waals surface area (Å²) >= 11 is 0. The molecule has 3 rings (SSSR count). The highest BCUT2D eigenvalue weighted by Gasteiger charge is 2.19. The summed E-state index contributed by atoms with van der Waals surface area (Å²) in [4.78, 5) is 0. The number of hydrogen-bond acceptors (Lipinski definition) is 4. The van der Waals surface area contributed by atoms with E-state index in [1.54, 1.807) is 6.33 Å². The van der Waals surface area contributed by atoms with Crippen molar-refractivity contribution in [2.75, 3.05) is 19.7 Å². The van der Waals surface area contributed by atoms with E-state index in [2.05, 4.69) is 39.8 Å². The summed E-state index contributed by atoms with van der Waals surface area (Å²) in [6, 6.07) is 8.55. The standard InChI is InChI=1S/C15H20N4O/c1-19-11-17-18-15(19)6-8-16-10-14-13-5-3-2-4-12(13)7-9-20-14/h2-5,11,14,16H,6-10H2,1H3. The molecule has 5 heteroatoms. The quantitative estimate of drug-likeness (QED) is 0.833. The molecule has 1 atom stereocenters. The summed E-state index contributed by atoms with van der Waals surface area (Å²) in [6.45, 7) is 2.54. The van der Waals surface area contributed by atoms with Crippen LogP contribution < -0.4 is 5.32 Å². The zero-order chi connectivity index (χ0) is 13.8. The van der Waals surface area contributed by atoms with Gasteiger partial charge in [0.25, 0.3) is 0 Å². The number of aromatic nitrogens is 3. The Morgan fingerprint density at radius 3 is 3.15 bits per heavy atom. The Balaban J connectivity index is 1.51. The normalized spacial score (nSPS) is 17.9. The van der Waals surface area contributed by atoms with Crippen molar-refractivity contribution in [3.8, 4) is 0 Å². The molecule has 106 valence electrons. The second-order valence-corrected chi connectivity index (χ2v) is 5.12. The van der Waals surface area contributed by atoms with Crippen LogP contribution in [-0.2, 0) is 24.6 Å². The van der Waals surface area contributed by atoms with Crippen molar-refractivity contribution in [2.24, 2.45) is 7.05 Å². The smallest absolute Gasteiger partial charge is 0.133 e. The minimum Gasteiger partial charge on any atom is -0.372 e. The predicted octanol–water partition coefficient (Wildman–Crippen LogP) is 1.26. The van der Waals surface area contributed by atoms with Crippen LogP contribution in [0.5, 0.6) is 0 Å². The highest BCUT2D eigenvalue weighted by molar-refractivity contribution is 5.31. The number of benzene rings is 1. The molecule has 1 unspecified atom stereocenters. The van der Waals surface area contributed by atoms with E-state index in [1.807, 2.05) is 11.6 Å². The van der Waals surface area contributed by atoms with Gasteiger partial charge in [0.05, 0.1) is 12.7 Å². The molecule has 0 bridgehead atoms. The zero-order valence-electron chi connectivity index (χ0n) is 11.7. The van der Waals surface area contributed by atoms with Gasteiger partial charge in [-0.1, -0.05) is 24.3 Å². The van der Waals surface area contributed by atoms with Crippen LogP contribution in [0, 0.1) is 0 Å². The third kappa shape index (κ3) is 2.89. The number of ether oxygens (including phenoxy) is 1. The van der Waals surface area contributed by atoms with Crippen LogP contribution in [0.4, 0.5) is 0 Å². The van der Waals surface area contributed by atoms with Crippen molar-refractivity contribution >= 4 is 0 Å². The molecule has 0 amide bonds. The summed E-state index contributed by atoms with van der Waals surface area (Å²) in [7, 11) is 1.97. The van der Waals surface area contributed by atoms with E-state index in [1.165, 1.54) is 11.1 Å². The molecule has 1 N–H and O–H groups in total. The second-order valence-electron chi connectivity index (χ2n) is 5.12. The van der Waals surface area contributed by atoms with E-state index in [0.717, 1.165) is 38.4 Å². The van der Waals surface area contributed by atoms with Crippen molar-refractivity contribution < 1.29 is 4.74 Å². The van der Waals surface area contributed by atoms with Crippen LogP contribution in [0.25, 0.3) is 0 Å². The van der Waals surface area contributed by atoms with Gasteiger partial charge in [0.2, 0.25) is 0 Å². The second kappa shape index (κ2) is 6.15. The van der Waals surface area contributed by atoms with E-state index < -0.39 is 0 Å². The highest BCUT2D eigenvalue weighted by Crippen LogP contribution is 2.26. The molecular weight excluding hydrogens is 252 g/mol. The van der Waals surface area contributed by atoms with Gasteiger partial charge in [-0.15, -0.1) is 10.2 Å². The third-order valence-electron chi connectivity index (χ3n) is 3.75. The van der Waals surface area contributed by atoms with Gasteiger partial charge < -0.3 is 14.6 Å². The Kier molecular flexibility index (Phi) is 4.08. The molecule has 0 radical (unpaired) electrons. The fourth-order valence-electron chi connectivity index (χ4n) is 2.61. The SMILES string of the molecule is Cn1cnnc1CCNCC1OCCc2ccccc21. The lowest BCUT2D eigenvalue weighted by Crippen LogP contribution is -2.29. The molecule has 2 heterocycles. The molecule has 0 spiro atoms. The largest absolute Gasteiger partial charge is 0.372 e. The van der Waals surface area contributed by atoms with Gasteiger partial charge in [-0.05, 0) is 17.5 Å². The van der Waals surface area contributed by atoms with Crippen LogP contribution in [0.1, 0.15) is 23.1 Å². The van der Waals surface area contributed by atoms with Gasteiger partial charge in [-0.2, -0.15) is 0 Å². The Morgan fingerprint density at radius 2 is 2.30 bits per heavy atom. The number of nitrogens with one attached hydrogen (secondary N) is 1. The Morgan fingerprint density at radius 1 is 1.40 bits per heavy atom. The average Bonchev–Trinajstić information content (AvgIpc) is 2.89. The van der Waals surface area contributed by atoms with Crippen LogP contribution in [0.2, 0.25) is 0 Å². The van der Waals surface area contributed by atoms with Crippen LogP contribution >= 0.6 is 0 Å². The summed E-state index contributed by atoms with van der Waals surface area (Å²) in [5.74, 6) is 1.00. The van der Waals surface area contributed by atoms with Crippen LogP contribution in [0.3, 0.4) is 0 Å². The molecule has 2 aromatic rings. The van der Waals surface area contributed by atoms with E-state index in [-0.39, 0.29) is 6.10 Å². The van der Waals surface area contributed by atoms with Crippen molar-refractivity contribution in [3.05, 3.63) is 47.5 Å². The molecule has 0 saturated carbocycles. The lowest BCUT2D eigenvalue weighted by Gasteiger charge is -2.26. The first-order valence-corrected chi connectivity index (χ1v) is 7.07. The first kappa shape index (κ1) is 13.3. The topological polar surface area (TPSA) is 52.0 Å². The number of aryl methyl sites for hydroxylation is 1. The van der Waals surface area contributed by atoms with Crippen molar-refractivity contribution in [2.45, 2.75) is 18.9 Å². The lowest BCUT2D eigenvalue weighted by atomic mass is 9.97. The van der Waals surface area contributed by atoms with Gasteiger partial charge in [-0.25, -0.2) is 0 Å². The molecule has 20 heavy (non-hydrogen) atoms. The molecule has 1 aliphatic heterocycles. The lowest BCUT2D eigenvalue weighted by molar-refractivity contribution is 0.0427. The Hall–Kier alpha value is -1.72. The predicted molar refractivity (Wildman–Crippen MR) is 76.4 cm³/mol. The molecular formula is C15H20N4O. The molecule has 1 aromatic carbocycles. The van der Waals surface area contributed by atoms with Crippen LogP contribution in [-0.4, -0.2) is 34.5 Å². The summed E-state index contributed by atoms with van der Waals surface area (Å²) in [5.41, 5.74) is 2.74. The molecule has 0 aliphatic carbocycles. The Bertz CT molecular complexity index is 567. The van der Waals surface area contributed by atoms with E-state index in [4.69, 9.17) is 4.74 Å². The van der Waals surface area contributed by atoms with Gasteiger partial charge in [0.15, 0.2) is 0 Å². The minimum atomic E-state index is 0.166. The number of hydrogen-bond donors (Lipinski definition) is 1. The van der Waals surface area contributed by atoms with Gasteiger partial charge >= 0.3 is 0 Å². The van der Waals surface area contributed by atoms with E-state index in [9.17, 15) is 0 Å². The first-order valence-electron chi connectivity index (χ1n) is 7.07. The summed E-state index contributed by atoms with van der Waals surface area (Å²) in [6.07, 6.45) is 3.80. The van der Waals surface area contributed by atoms with Gasteiger partial charge in [0.1, 0.15) is 12.2 Å². The fourth-order valence-corrected chi connectivity index (χ4v) is 2.61. The summed E-state index contributed by atoms with van der Waals surface area (Å²) in [5, 5.41) is 11.4. The van der Waals surface area contributed by atoms with E-state index >= 15 is 0 Å². The van der Waals surface area contributed by atoms with Crippen molar-refractivity contribution in [1.29, 1.82) is 0 Å². The number of nitrogens with zero attached hydrogens (tertiary/aromatic N) is 3. The van der Waals surface area contributed by atoms with E-state index in [0.29, 0.717) is 0 Å². The van der Waals surface area contributed by atoms with Crippen molar-refractivity contribution in [1.82, 2.24) is 20.1 Å². The summed E-state index contributed by atoms with van der Waals surface area (Å²) < 4.78 is 7.82. The maximum absolute atomic E-state index is 5.87. The Labute approximate surface area is 119 Å². The molecule has 0 fully saturated rings. The monoisotopic (exact) mass is 272 g/mol. The van der Waals surface area contributed by atoms with Crippen molar-refractivity contribution in [3.63, 3.8) is 0 Å². The molecule has 1 aliphatic rings. The highest BCUT2D eigenvalue weighted by atomic mass is 16.5. The minimum absolute atomic E-state index is 0.166. The maximum Gasteiger partial charge on any atom is 0.133 e. The van der Waals surface area contributed by atoms with Gasteiger partial charge in [-0.3, -0.25) is 0 Å². The fraction of sp³-hybridized carbons (Fsp3) is 0.467.